The van der Waals surface area contributed by atoms with E-state index in [1.807, 2.05) is 91.0 Å². The standard InChI is InChI=1S/C44H26N4.C26H14BrN3.C24H24BNO2/c1-46-38-22-12-21-37(44(38)48-41-25-8-4-18-34(41)35-19-5-9-26-42(35)48)36-20-11-14-30(28-45)43(36)29-13-10-15-31(27-29)47-39-23-6-2-16-32(39)33-17-3-7-24-40(33)47;1-29-22-13-7-12-21(20-11-6-8-17(16-28)25(20)27)26(22)30-23-14-4-2-9-18(23)19-10-3-5-15-24(19)30;1-23(2)24(3,4)28-25(27-23)17-10-9-11-18(16-17)26-21-14-7-5-12-19(21)20-13-6-8-15-22(20)26/h2-27H;2-15H;5-16H,1-4H3. The van der Waals surface area contributed by atoms with Crippen LogP contribution in [0.3, 0.4) is 0 Å². The SMILES string of the molecule is CC1(C)OB(c2cccc(-n3c4ccccc4c4ccccc43)c2)OC1(C)C.[C-]#[N+]c1cccc(-c2cccc(C#N)c2-c2cccc(-n3c4ccccc4c4ccccc43)c2)c1-n1c2ccccc2c2ccccc21.[C-]#[N+]c1cccc(-c2cccc(C#N)c2Br)c1-n1c2ccccc2c2ccccc21. The Balaban J connectivity index is 0.000000124. The Labute approximate surface area is 622 Å². The molecule has 0 amide bonds. The van der Waals surface area contributed by atoms with E-state index >= 15 is 0 Å². The second kappa shape index (κ2) is 26.8. The van der Waals surface area contributed by atoms with E-state index in [1.165, 1.54) is 32.6 Å². The van der Waals surface area contributed by atoms with Crippen molar-refractivity contribution in [3.05, 3.63) is 354 Å². The van der Waals surface area contributed by atoms with Crippen LogP contribution in [-0.4, -0.2) is 36.6 Å². The minimum Gasteiger partial charge on any atom is -0.399 e. The van der Waals surface area contributed by atoms with Crippen LogP contribution in [-0.2, 0) is 9.31 Å². The fourth-order valence-electron chi connectivity index (χ4n) is 15.5. The van der Waals surface area contributed by atoms with Crippen LogP contribution in [0.25, 0.3) is 153 Å². The molecule has 0 atom stereocenters. The number of halogens is 1. The number of hydrogen-bond donors (Lipinski definition) is 0. The molecule has 0 radical (unpaired) electrons. The van der Waals surface area contributed by atoms with Crippen molar-refractivity contribution in [2.45, 2.75) is 38.9 Å². The van der Waals surface area contributed by atoms with E-state index < -0.39 is 0 Å². The topological polar surface area (TPSA) is 94.5 Å². The first-order valence-corrected chi connectivity index (χ1v) is 35.9. The maximum Gasteiger partial charge on any atom is 0.494 e. The largest absolute Gasteiger partial charge is 0.494 e. The molecule has 0 aliphatic carbocycles. The molecule has 0 spiro atoms. The van der Waals surface area contributed by atoms with Gasteiger partial charge < -0.3 is 27.6 Å². The fraction of sp³-hybridized carbons (Fsp3) is 0.0638. The Hall–Kier alpha value is -13.3. The summed E-state index contributed by atoms with van der Waals surface area (Å²) in [7, 11) is -0.363. The maximum absolute atomic E-state index is 10.5. The smallest absolute Gasteiger partial charge is 0.399 e. The molecule has 1 aliphatic rings. The second-order valence-electron chi connectivity index (χ2n) is 27.4. The predicted octanol–water partition coefficient (Wildman–Crippen LogP) is 24.4. The lowest BCUT2D eigenvalue weighted by molar-refractivity contribution is 0.00578. The average molecular weight is 1430 g/mol. The molecule has 0 N–H and O–H groups in total. The molecule has 0 bridgehead atoms. The lowest BCUT2D eigenvalue weighted by Gasteiger charge is -2.32. The summed E-state index contributed by atoms with van der Waals surface area (Å²) < 4.78 is 22.3. The predicted molar refractivity (Wildman–Crippen MR) is 438 cm³/mol. The van der Waals surface area contributed by atoms with Gasteiger partial charge in [0, 0.05) is 64.5 Å². The van der Waals surface area contributed by atoms with Gasteiger partial charge in [0.05, 0.1) is 97.1 Å². The van der Waals surface area contributed by atoms with Gasteiger partial charge >= 0.3 is 7.12 Å². The van der Waals surface area contributed by atoms with E-state index in [4.69, 9.17) is 22.5 Å². The van der Waals surface area contributed by atoms with Crippen LogP contribution in [0.4, 0.5) is 11.4 Å². The van der Waals surface area contributed by atoms with Gasteiger partial charge in [0.15, 0.2) is 0 Å². The molecular formula is C94H64BBrN8O2. The zero-order valence-electron chi connectivity index (χ0n) is 58.4. The summed E-state index contributed by atoms with van der Waals surface area (Å²) in [4.78, 5) is 7.89. The van der Waals surface area contributed by atoms with Crippen LogP contribution in [0.15, 0.2) is 320 Å². The minimum atomic E-state index is -0.363. The van der Waals surface area contributed by atoms with Crippen molar-refractivity contribution in [1.29, 1.82) is 10.5 Å². The van der Waals surface area contributed by atoms with Gasteiger partial charge in [-0.05, 0) is 162 Å². The van der Waals surface area contributed by atoms with Gasteiger partial charge in [-0.25, -0.2) is 9.69 Å². The second-order valence-corrected chi connectivity index (χ2v) is 28.2. The molecule has 0 saturated carbocycles. The Bertz CT molecular complexity index is 6550. The molecule has 502 valence electrons. The average Bonchev–Trinajstić information content (AvgIpc) is 1.55. The van der Waals surface area contributed by atoms with Crippen molar-refractivity contribution in [2.24, 2.45) is 0 Å². The van der Waals surface area contributed by atoms with E-state index in [0.717, 1.165) is 121 Å². The highest BCUT2D eigenvalue weighted by Crippen LogP contribution is 2.47. The van der Waals surface area contributed by atoms with Gasteiger partial charge in [-0.3, -0.25) is 0 Å². The fourth-order valence-corrected chi connectivity index (χ4v) is 16.0. The third-order valence-corrected chi connectivity index (χ3v) is 21.8. The number of nitriles is 2. The van der Waals surface area contributed by atoms with E-state index in [2.05, 4.69) is 302 Å². The zero-order chi connectivity index (χ0) is 72.4. The highest BCUT2D eigenvalue weighted by Gasteiger charge is 2.52. The van der Waals surface area contributed by atoms with Gasteiger partial charge in [0.1, 0.15) is 6.07 Å². The summed E-state index contributed by atoms with van der Waals surface area (Å²) in [5.41, 5.74) is 20.5. The highest BCUT2D eigenvalue weighted by atomic mass is 79.9. The van der Waals surface area contributed by atoms with E-state index in [1.54, 1.807) is 6.07 Å². The van der Waals surface area contributed by atoms with Crippen molar-refractivity contribution < 1.29 is 9.31 Å². The summed E-state index contributed by atoms with van der Waals surface area (Å²) in [6.45, 7) is 24.4. The summed E-state index contributed by atoms with van der Waals surface area (Å²) >= 11 is 3.61. The summed E-state index contributed by atoms with van der Waals surface area (Å²) in [6, 6.07) is 112. The number of aromatic nitrogens is 4. The summed E-state index contributed by atoms with van der Waals surface area (Å²) in [5, 5.41) is 29.5. The molecule has 18 aromatic rings. The Kier molecular flexibility index (Phi) is 16.7. The van der Waals surface area contributed by atoms with Crippen LogP contribution in [0.1, 0.15) is 38.8 Å². The van der Waals surface area contributed by atoms with Crippen molar-refractivity contribution in [3.8, 4) is 68.3 Å². The van der Waals surface area contributed by atoms with Gasteiger partial charge in [-0.2, -0.15) is 10.5 Å². The van der Waals surface area contributed by atoms with Crippen molar-refractivity contribution >= 4 is 127 Å². The number of nitrogens with zero attached hydrogens (tertiary/aromatic N) is 8. The molecule has 1 saturated heterocycles. The first-order valence-electron chi connectivity index (χ1n) is 35.1. The van der Waals surface area contributed by atoms with Crippen LogP contribution in [0, 0.1) is 35.8 Å². The number of fused-ring (bicyclic) bond motifs is 12. The quantitative estimate of drug-likeness (QED) is 0.112. The van der Waals surface area contributed by atoms with E-state index in [-0.39, 0.29) is 18.3 Å². The van der Waals surface area contributed by atoms with Crippen LogP contribution in [0.5, 0.6) is 0 Å². The molecule has 0 unspecified atom stereocenters. The van der Waals surface area contributed by atoms with Crippen molar-refractivity contribution in [3.63, 3.8) is 0 Å². The monoisotopic (exact) mass is 1430 g/mol. The van der Waals surface area contributed by atoms with E-state index in [9.17, 15) is 10.5 Å². The Morgan fingerprint density at radius 3 is 1.04 bits per heavy atom. The molecule has 10 nitrogen and oxygen atoms in total. The molecule has 19 rings (SSSR count). The van der Waals surface area contributed by atoms with Crippen molar-refractivity contribution in [2.75, 3.05) is 0 Å². The molecule has 106 heavy (non-hydrogen) atoms. The molecule has 14 aromatic carbocycles. The normalized spacial score (nSPS) is 13.0. The molecule has 5 heterocycles. The number of benzene rings is 14. The molecular weight excluding hydrogens is 1360 g/mol. The molecule has 1 aliphatic heterocycles. The van der Waals surface area contributed by atoms with Gasteiger partial charge in [-0.1, -0.05) is 231 Å². The van der Waals surface area contributed by atoms with Crippen LogP contribution >= 0.6 is 15.9 Å². The summed E-state index contributed by atoms with van der Waals surface area (Å²) in [5.74, 6) is 0. The van der Waals surface area contributed by atoms with Crippen molar-refractivity contribution in [1.82, 2.24) is 18.3 Å². The highest BCUT2D eigenvalue weighted by molar-refractivity contribution is 9.10. The lowest BCUT2D eigenvalue weighted by atomic mass is 9.79. The number of para-hydroxylation sites is 10. The Morgan fingerprint density at radius 1 is 0.340 bits per heavy atom. The van der Waals surface area contributed by atoms with Crippen LogP contribution < -0.4 is 5.46 Å². The molecule has 12 heteroatoms. The summed E-state index contributed by atoms with van der Waals surface area (Å²) in [6.07, 6.45) is 0. The molecule has 1 fully saturated rings. The zero-order valence-corrected chi connectivity index (χ0v) is 60.0. The third kappa shape index (κ3) is 11.0. The third-order valence-electron chi connectivity index (χ3n) is 21.0. The van der Waals surface area contributed by atoms with E-state index in [0.29, 0.717) is 22.5 Å². The van der Waals surface area contributed by atoms with Crippen LogP contribution in [0.2, 0.25) is 0 Å². The van der Waals surface area contributed by atoms with Gasteiger partial charge in [0.25, 0.3) is 0 Å². The number of rotatable bonds is 8. The van der Waals surface area contributed by atoms with Gasteiger partial charge in [0.2, 0.25) is 11.4 Å². The minimum absolute atomic E-state index is 0.347. The Morgan fingerprint density at radius 2 is 0.651 bits per heavy atom. The first-order chi connectivity index (χ1) is 51.9. The maximum atomic E-state index is 10.5. The number of hydrogen-bond acceptors (Lipinski definition) is 4. The first kappa shape index (κ1) is 66.0. The lowest BCUT2D eigenvalue weighted by Crippen LogP contribution is -2.41. The molecule has 4 aromatic heterocycles. The van der Waals surface area contributed by atoms with Gasteiger partial charge in [-0.15, -0.1) is 0 Å².